The summed E-state index contributed by atoms with van der Waals surface area (Å²) in [4.78, 5) is 28.5. The van der Waals surface area contributed by atoms with Crippen LogP contribution in [0.5, 0.6) is 0 Å². The molecule has 0 unspecified atom stereocenters. The Labute approximate surface area is 222 Å². The highest BCUT2D eigenvalue weighted by atomic mass is 35.5. The van der Waals surface area contributed by atoms with Gasteiger partial charge in [0, 0.05) is 35.3 Å². The Morgan fingerprint density at radius 2 is 1.60 bits per heavy atom. The van der Waals surface area contributed by atoms with Gasteiger partial charge in [-0.05, 0) is 41.3 Å². The van der Waals surface area contributed by atoms with Gasteiger partial charge in [-0.2, -0.15) is 0 Å². The van der Waals surface area contributed by atoms with Crippen LogP contribution in [-0.4, -0.2) is 35.1 Å². The number of rotatable bonds is 12. The van der Waals surface area contributed by atoms with Crippen molar-refractivity contribution in [2.24, 2.45) is 0 Å². The molecule has 1 N–H and O–H groups in total. The van der Waals surface area contributed by atoms with E-state index >= 15 is 0 Å². The number of thioether (sulfide) groups is 1. The zero-order valence-electron chi connectivity index (χ0n) is 19.8. The molecule has 0 saturated heterocycles. The minimum atomic E-state index is -0.649. The number of amides is 2. The first-order valence-electron chi connectivity index (χ1n) is 11.6. The zero-order chi connectivity index (χ0) is 25.0. The Kier molecular flexibility index (Phi) is 11.0. The second-order valence-corrected chi connectivity index (χ2v) is 10.1. The van der Waals surface area contributed by atoms with Crippen molar-refractivity contribution in [3.8, 4) is 0 Å². The van der Waals surface area contributed by atoms with Crippen LogP contribution in [0.1, 0.15) is 30.0 Å². The van der Waals surface area contributed by atoms with E-state index in [1.54, 1.807) is 11.0 Å². The fraction of sp³-hybridized carbons (Fsp3) is 0.286. The van der Waals surface area contributed by atoms with Crippen molar-refractivity contribution in [1.82, 2.24) is 10.2 Å². The molecule has 0 spiro atoms. The number of nitrogens with one attached hydrogen (secondary N) is 1. The zero-order valence-corrected chi connectivity index (χ0v) is 22.1. The number of halogens is 2. The fourth-order valence-electron chi connectivity index (χ4n) is 3.65. The van der Waals surface area contributed by atoms with E-state index in [1.807, 2.05) is 79.7 Å². The second-order valence-electron chi connectivity index (χ2n) is 8.23. The predicted molar refractivity (Wildman–Crippen MR) is 147 cm³/mol. The molecule has 0 aliphatic rings. The summed E-state index contributed by atoms with van der Waals surface area (Å²) in [7, 11) is 0. The largest absolute Gasteiger partial charge is 0.354 e. The van der Waals surface area contributed by atoms with Gasteiger partial charge < -0.3 is 10.2 Å². The Bertz CT molecular complexity index is 1090. The van der Waals surface area contributed by atoms with Crippen molar-refractivity contribution in [2.75, 3.05) is 12.3 Å². The topological polar surface area (TPSA) is 49.4 Å². The molecular weight excluding hydrogens is 499 g/mol. The summed E-state index contributed by atoms with van der Waals surface area (Å²) in [6, 6.07) is 24.2. The van der Waals surface area contributed by atoms with Crippen molar-refractivity contribution in [2.45, 2.75) is 38.1 Å². The van der Waals surface area contributed by atoms with Crippen LogP contribution < -0.4 is 5.32 Å². The highest BCUT2D eigenvalue weighted by molar-refractivity contribution is 7.99. The summed E-state index contributed by atoms with van der Waals surface area (Å²) in [5.41, 5.74) is 2.90. The Balaban J connectivity index is 1.83. The Morgan fingerprint density at radius 1 is 0.914 bits per heavy atom. The van der Waals surface area contributed by atoms with Gasteiger partial charge in [-0.3, -0.25) is 9.59 Å². The van der Waals surface area contributed by atoms with Crippen molar-refractivity contribution >= 4 is 46.8 Å². The summed E-state index contributed by atoms with van der Waals surface area (Å²) >= 11 is 13.9. The van der Waals surface area contributed by atoms with Crippen LogP contribution in [0.3, 0.4) is 0 Å². The molecule has 0 fully saturated rings. The maximum Gasteiger partial charge on any atom is 0.243 e. The first-order chi connectivity index (χ1) is 17.0. The molecule has 0 aliphatic heterocycles. The van der Waals surface area contributed by atoms with Crippen LogP contribution in [0.2, 0.25) is 10.0 Å². The van der Waals surface area contributed by atoms with Gasteiger partial charge in [0.05, 0.1) is 5.75 Å². The van der Waals surface area contributed by atoms with E-state index < -0.39 is 6.04 Å². The minimum absolute atomic E-state index is 0.100. The number of hydrogen-bond donors (Lipinski definition) is 1. The fourth-order valence-corrected chi connectivity index (χ4v) is 4.84. The number of carbonyl (C=O) groups excluding carboxylic acids is 2. The summed E-state index contributed by atoms with van der Waals surface area (Å²) in [6.07, 6.45) is 1.24. The van der Waals surface area contributed by atoms with Gasteiger partial charge in [0.25, 0.3) is 0 Å². The lowest BCUT2D eigenvalue weighted by molar-refractivity contribution is -0.139. The predicted octanol–water partition coefficient (Wildman–Crippen LogP) is 6.39. The van der Waals surface area contributed by atoms with Gasteiger partial charge in [-0.15, -0.1) is 11.8 Å². The van der Waals surface area contributed by atoms with Gasteiger partial charge in [0.15, 0.2) is 0 Å². The molecule has 1 atom stereocenters. The molecule has 3 aromatic rings. The van der Waals surface area contributed by atoms with Crippen LogP contribution >= 0.6 is 35.0 Å². The van der Waals surface area contributed by atoms with E-state index in [4.69, 9.17) is 23.2 Å². The molecular formula is C28H30Cl2N2O2S. The minimum Gasteiger partial charge on any atom is -0.354 e. The van der Waals surface area contributed by atoms with Crippen molar-refractivity contribution in [3.63, 3.8) is 0 Å². The molecule has 3 rings (SSSR count). The quantitative estimate of drug-likeness (QED) is 0.296. The standard InChI is InChI=1S/C28H30Cl2N2O2S/c1-2-16-31-28(34)26(17-21-8-4-3-5-9-21)32(18-23-10-6-7-11-25(23)30)27(33)20-35-19-22-12-14-24(29)15-13-22/h3-15,26H,2,16-20H2,1H3,(H,31,34)/t26-/m1/s1. The lowest BCUT2D eigenvalue weighted by Crippen LogP contribution is -2.51. The summed E-state index contributed by atoms with van der Waals surface area (Å²) < 4.78 is 0. The van der Waals surface area contributed by atoms with Crippen LogP contribution in [0.15, 0.2) is 78.9 Å². The molecule has 0 saturated carbocycles. The SMILES string of the molecule is CCCNC(=O)[C@@H](Cc1ccccc1)N(Cc1ccccc1Cl)C(=O)CSCc1ccc(Cl)cc1. The lowest BCUT2D eigenvalue weighted by Gasteiger charge is -2.31. The molecule has 0 heterocycles. The van der Waals surface area contributed by atoms with E-state index in [0.29, 0.717) is 28.8 Å². The van der Waals surface area contributed by atoms with Crippen LogP contribution in [-0.2, 0) is 28.3 Å². The maximum absolute atomic E-state index is 13.6. The van der Waals surface area contributed by atoms with Gasteiger partial charge in [0.2, 0.25) is 11.8 Å². The van der Waals surface area contributed by atoms with E-state index in [-0.39, 0.29) is 24.1 Å². The van der Waals surface area contributed by atoms with Crippen LogP contribution in [0.25, 0.3) is 0 Å². The third-order valence-corrected chi connectivity index (χ3v) is 7.14. The highest BCUT2D eigenvalue weighted by Crippen LogP contribution is 2.22. The summed E-state index contributed by atoms with van der Waals surface area (Å²) in [5.74, 6) is 0.670. The monoisotopic (exact) mass is 528 g/mol. The van der Waals surface area contributed by atoms with Gasteiger partial charge in [-0.1, -0.05) is 90.8 Å². The van der Waals surface area contributed by atoms with E-state index in [2.05, 4.69) is 5.32 Å². The molecule has 3 aromatic carbocycles. The third kappa shape index (κ3) is 8.60. The lowest BCUT2D eigenvalue weighted by atomic mass is 10.0. The molecule has 0 aliphatic carbocycles. The van der Waals surface area contributed by atoms with E-state index in [1.165, 1.54) is 11.8 Å². The first kappa shape index (κ1) is 27.1. The number of benzene rings is 3. The Morgan fingerprint density at radius 3 is 2.29 bits per heavy atom. The highest BCUT2D eigenvalue weighted by Gasteiger charge is 2.30. The molecule has 35 heavy (non-hydrogen) atoms. The molecule has 0 aromatic heterocycles. The van der Waals surface area contributed by atoms with Gasteiger partial charge in [-0.25, -0.2) is 0 Å². The van der Waals surface area contributed by atoms with Crippen molar-refractivity contribution in [1.29, 1.82) is 0 Å². The van der Waals surface area contributed by atoms with Crippen molar-refractivity contribution in [3.05, 3.63) is 106 Å². The summed E-state index contributed by atoms with van der Waals surface area (Å²) in [5, 5.41) is 4.25. The van der Waals surface area contributed by atoms with Crippen molar-refractivity contribution < 1.29 is 9.59 Å². The number of hydrogen-bond acceptors (Lipinski definition) is 3. The molecule has 0 radical (unpaired) electrons. The maximum atomic E-state index is 13.6. The Hall–Kier alpha value is -2.47. The van der Waals surface area contributed by atoms with E-state index in [0.717, 1.165) is 23.1 Å². The molecule has 2 amide bonds. The van der Waals surface area contributed by atoms with E-state index in [9.17, 15) is 9.59 Å². The van der Waals surface area contributed by atoms with Crippen LogP contribution in [0, 0.1) is 0 Å². The normalized spacial score (nSPS) is 11.6. The van der Waals surface area contributed by atoms with Gasteiger partial charge in [0.1, 0.15) is 6.04 Å². The third-order valence-electron chi connectivity index (χ3n) is 5.53. The number of nitrogens with zero attached hydrogens (tertiary/aromatic N) is 1. The molecule has 184 valence electrons. The number of carbonyl (C=O) groups is 2. The average Bonchev–Trinajstić information content (AvgIpc) is 2.87. The molecule has 4 nitrogen and oxygen atoms in total. The summed E-state index contributed by atoms with van der Waals surface area (Å²) in [6.45, 7) is 2.83. The average molecular weight is 530 g/mol. The smallest absolute Gasteiger partial charge is 0.243 e. The molecule has 0 bridgehead atoms. The first-order valence-corrected chi connectivity index (χ1v) is 13.6. The van der Waals surface area contributed by atoms with Crippen LogP contribution in [0.4, 0.5) is 0 Å². The second kappa shape index (κ2) is 14.2. The molecule has 7 heteroatoms. The van der Waals surface area contributed by atoms with Gasteiger partial charge >= 0.3 is 0 Å².